The van der Waals surface area contributed by atoms with Crippen molar-refractivity contribution in [1.82, 2.24) is 0 Å². The second-order valence-electron chi connectivity index (χ2n) is 3.42. The molecular weight excluding hydrogens is 178 g/mol. The first-order valence-electron chi connectivity index (χ1n) is 4.28. The Bertz CT molecular complexity index is 195. The van der Waals surface area contributed by atoms with Crippen molar-refractivity contribution in [2.75, 3.05) is 27.2 Å². The topological polar surface area (TPSA) is 37.3 Å². The number of hydrogen-bond donors (Lipinski definition) is 1. The predicted molar refractivity (Wildman–Crippen MR) is 60.1 cm³/mol. The van der Waals surface area contributed by atoms with Crippen LogP contribution in [-0.2, 0) is 4.79 Å². The van der Waals surface area contributed by atoms with E-state index in [1.807, 2.05) is 12.2 Å². The highest BCUT2D eigenvalue weighted by molar-refractivity contribution is 5.78. The molecule has 1 N–H and O–H groups in total. The van der Waals surface area contributed by atoms with E-state index in [1.54, 1.807) is 0 Å². The predicted octanol–water partition coefficient (Wildman–Crippen LogP) is 1.69. The number of likely N-dealkylation sites (N-methyl/N-ethyl adjacent to an activating group) is 1. The minimum atomic E-state index is -0.981. The third-order valence-corrected chi connectivity index (χ3v) is 1.42. The summed E-state index contributed by atoms with van der Waals surface area (Å²) in [5, 5.41) is 7.60. The fraction of sp³-hybridized carbons (Fsp3) is 0.364. The van der Waals surface area contributed by atoms with Crippen molar-refractivity contribution >= 4 is 5.97 Å². The summed E-state index contributed by atoms with van der Waals surface area (Å²) >= 11 is 0. The zero-order chi connectivity index (χ0) is 11.6. The Balaban J connectivity index is 0. The summed E-state index contributed by atoms with van der Waals surface area (Å²) < 4.78 is 0.951. The maximum absolute atomic E-state index is 9.25. The van der Waals surface area contributed by atoms with Gasteiger partial charge in [0.1, 0.15) is 0 Å². The van der Waals surface area contributed by atoms with Crippen LogP contribution in [0.4, 0.5) is 0 Å². The summed E-state index contributed by atoms with van der Waals surface area (Å²) in [5.74, 6) is -0.981. The van der Waals surface area contributed by atoms with Gasteiger partial charge in [-0.05, 0) is 12.2 Å². The second-order valence-corrected chi connectivity index (χ2v) is 3.42. The highest BCUT2D eigenvalue weighted by atomic mass is 16.4. The van der Waals surface area contributed by atoms with Crippen molar-refractivity contribution in [2.24, 2.45) is 0 Å². The quantitative estimate of drug-likeness (QED) is 0.414. The standard InChI is InChI=1S/C8H16N.C3H4O2/c1-5-7-9(3,4)8-6-2;1-2-3(4)5/h5-6H,1-2,7-8H2,3-4H3;2H,1H2,(H,4,5)/q+1;. The SMILES string of the molecule is C=CC(=O)O.C=CC[N+](C)(C)CC=C. The molecule has 0 heterocycles. The Labute approximate surface area is 86.3 Å². The summed E-state index contributed by atoms with van der Waals surface area (Å²) in [7, 11) is 4.31. The normalized spacial score (nSPS) is 9.29. The van der Waals surface area contributed by atoms with Crippen molar-refractivity contribution in [3.63, 3.8) is 0 Å². The summed E-state index contributed by atoms with van der Waals surface area (Å²) in [5.41, 5.74) is 0. The molecular formula is C11H20NO2+. The molecule has 0 aliphatic rings. The maximum Gasteiger partial charge on any atom is 0.327 e. The lowest BCUT2D eigenvalue weighted by Crippen LogP contribution is -2.39. The van der Waals surface area contributed by atoms with Gasteiger partial charge in [-0.25, -0.2) is 4.79 Å². The number of hydrogen-bond acceptors (Lipinski definition) is 1. The summed E-state index contributed by atoms with van der Waals surface area (Å²) in [4.78, 5) is 9.25. The summed E-state index contributed by atoms with van der Waals surface area (Å²) in [6.07, 6.45) is 4.70. The molecule has 0 aliphatic carbocycles. The minimum absolute atomic E-state index is 0.833. The molecule has 0 saturated heterocycles. The van der Waals surface area contributed by atoms with E-state index in [0.29, 0.717) is 0 Å². The van der Waals surface area contributed by atoms with Crippen molar-refractivity contribution in [2.45, 2.75) is 0 Å². The van der Waals surface area contributed by atoms with Crippen LogP contribution in [-0.4, -0.2) is 42.7 Å². The van der Waals surface area contributed by atoms with E-state index in [0.717, 1.165) is 23.6 Å². The molecule has 0 radical (unpaired) electrons. The Morgan fingerprint density at radius 1 is 1.21 bits per heavy atom. The molecule has 0 rings (SSSR count). The largest absolute Gasteiger partial charge is 0.478 e. The lowest BCUT2D eigenvalue weighted by molar-refractivity contribution is -0.878. The average Bonchev–Trinajstić information content (AvgIpc) is 2.05. The number of quaternary nitrogens is 1. The van der Waals surface area contributed by atoms with Crippen LogP contribution in [0.15, 0.2) is 38.0 Å². The molecule has 3 heteroatoms. The first kappa shape index (κ1) is 15.1. The van der Waals surface area contributed by atoms with Gasteiger partial charge in [0, 0.05) is 6.08 Å². The van der Waals surface area contributed by atoms with Gasteiger partial charge in [-0.1, -0.05) is 19.7 Å². The smallest absolute Gasteiger partial charge is 0.327 e. The molecule has 0 unspecified atom stereocenters. The van der Waals surface area contributed by atoms with Gasteiger partial charge >= 0.3 is 5.97 Å². The van der Waals surface area contributed by atoms with Gasteiger partial charge in [-0.2, -0.15) is 0 Å². The summed E-state index contributed by atoms with van der Waals surface area (Å²) in [6, 6.07) is 0. The lowest BCUT2D eigenvalue weighted by Gasteiger charge is -2.26. The van der Waals surface area contributed by atoms with Crippen LogP contribution in [0.2, 0.25) is 0 Å². The van der Waals surface area contributed by atoms with Crippen molar-refractivity contribution in [3.05, 3.63) is 38.0 Å². The highest BCUT2D eigenvalue weighted by Gasteiger charge is 2.07. The van der Waals surface area contributed by atoms with E-state index in [-0.39, 0.29) is 0 Å². The molecule has 0 aromatic heterocycles. The Kier molecular flexibility index (Phi) is 8.93. The van der Waals surface area contributed by atoms with Gasteiger partial charge in [0.15, 0.2) is 0 Å². The van der Waals surface area contributed by atoms with Gasteiger partial charge in [0.25, 0.3) is 0 Å². The third kappa shape index (κ3) is 13.3. The Hall–Kier alpha value is -1.35. The van der Waals surface area contributed by atoms with Gasteiger partial charge in [0.2, 0.25) is 0 Å². The molecule has 0 fully saturated rings. The zero-order valence-corrected chi connectivity index (χ0v) is 9.07. The second kappa shape index (κ2) is 8.26. The molecule has 0 saturated carbocycles. The third-order valence-electron chi connectivity index (χ3n) is 1.42. The number of carbonyl (C=O) groups is 1. The number of carboxylic acids is 1. The van der Waals surface area contributed by atoms with E-state index in [1.165, 1.54) is 0 Å². The fourth-order valence-corrected chi connectivity index (χ4v) is 0.774. The fourth-order valence-electron chi connectivity index (χ4n) is 0.774. The lowest BCUT2D eigenvalue weighted by atomic mass is 10.4. The van der Waals surface area contributed by atoms with Gasteiger partial charge in [-0.15, -0.1) is 0 Å². The molecule has 0 amide bonds. The molecule has 0 atom stereocenters. The molecule has 0 bridgehead atoms. The number of rotatable bonds is 5. The summed E-state index contributed by atoms with van der Waals surface area (Å²) in [6.45, 7) is 12.3. The molecule has 0 aromatic rings. The Morgan fingerprint density at radius 2 is 1.50 bits per heavy atom. The highest BCUT2D eigenvalue weighted by Crippen LogP contribution is 1.95. The molecule has 14 heavy (non-hydrogen) atoms. The molecule has 0 spiro atoms. The minimum Gasteiger partial charge on any atom is -0.478 e. The van der Waals surface area contributed by atoms with Crippen LogP contribution in [0.5, 0.6) is 0 Å². The van der Waals surface area contributed by atoms with E-state index < -0.39 is 5.97 Å². The zero-order valence-electron chi connectivity index (χ0n) is 9.07. The van der Waals surface area contributed by atoms with Gasteiger partial charge in [-0.3, -0.25) is 0 Å². The molecule has 0 aromatic carbocycles. The van der Waals surface area contributed by atoms with Crippen LogP contribution in [0.25, 0.3) is 0 Å². The number of nitrogens with zero attached hydrogens (tertiary/aromatic N) is 1. The van der Waals surface area contributed by atoms with E-state index in [4.69, 9.17) is 5.11 Å². The van der Waals surface area contributed by atoms with Crippen molar-refractivity contribution < 1.29 is 14.4 Å². The first-order chi connectivity index (χ1) is 6.39. The maximum atomic E-state index is 9.25. The number of aliphatic carboxylic acids is 1. The molecule has 3 nitrogen and oxygen atoms in total. The van der Waals surface area contributed by atoms with Gasteiger partial charge < -0.3 is 9.59 Å². The molecule has 0 aliphatic heterocycles. The van der Waals surface area contributed by atoms with Crippen LogP contribution in [0, 0.1) is 0 Å². The van der Waals surface area contributed by atoms with Crippen LogP contribution in [0.3, 0.4) is 0 Å². The Morgan fingerprint density at radius 3 is 1.64 bits per heavy atom. The first-order valence-corrected chi connectivity index (χ1v) is 4.28. The molecule has 80 valence electrons. The van der Waals surface area contributed by atoms with Crippen molar-refractivity contribution in [3.8, 4) is 0 Å². The number of carboxylic acid groups (broad SMARTS) is 1. The van der Waals surface area contributed by atoms with E-state index >= 15 is 0 Å². The monoisotopic (exact) mass is 198 g/mol. The van der Waals surface area contributed by atoms with E-state index in [9.17, 15) is 4.79 Å². The van der Waals surface area contributed by atoms with Gasteiger partial charge in [0.05, 0.1) is 27.2 Å². The van der Waals surface area contributed by atoms with E-state index in [2.05, 4.69) is 33.8 Å². The van der Waals surface area contributed by atoms with Crippen LogP contribution < -0.4 is 0 Å². The van der Waals surface area contributed by atoms with Crippen molar-refractivity contribution in [1.29, 1.82) is 0 Å². The van der Waals surface area contributed by atoms with Crippen LogP contribution in [0.1, 0.15) is 0 Å². The average molecular weight is 198 g/mol. The van der Waals surface area contributed by atoms with Crippen LogP contribution >= 0.6 is 0 Å².